The van der Waals surface area contributed by atoms with Crippen molar-refractivity contribution in [3.05, 3.63) is 65.4 Å². The highest BCUT2D eigenvalue weighted by molar-refractivity contribution is 5.95. The van der Waals surface area contributed by atoms with E-state index in [0.717, 1.165) is 28.6 Å². The van der Waals surface area contributed by atoms with Crippen LogP contribution in [0.2, 0.25) is 0 Å². The topological polar surface area (TPSA) is 88.9 Å². The van der Waals surface area contributed by atoms with Crippen LogP contribution in [-0.2, 0) is 32.0 Å². The minimum Gasteiger partial charge on any atom is -0.464 e. The summed E-state index contributed by atoms with van der Waals surface area (Å²) < 4.78 is 10.6. The van der Waals surface area contributed by atoms with Crippen molar-refractivity contribution in [2.24, 2.45) is 0 Å². The monoisotopic (exact) mass is 422 g/mol. The maximum atomic E-state index is 12.3. The highest BCUT2D eigenvalue weighted by atomic mass is 16.5. The molecular weight excluding hydrogens is 396 g/mol. The number of benzene rings is 2. The Morgan fingerprint density at radius 2 is 1.87 bits per heavy atom. The summed E-state index contributed by atoms with van der Waals surface area (Å²) in [5.74, 6) is -1.31. The van der Waals surface area contributed by atoms with Crippen molar-refractivity contribution >= 4 is 34.4 Å². The minimum atomic E-state index is -0.536. The molecule has 0 saturated heterocycles. The summed E-state index contributed by atoms with van der Waals surface area (Å²) in [5, 5.41) is 3.65. The number of hydrogen-bond donors (Lipinski definition) is 1. The molecule has 0 radical (unpaired) electrons. The zero-order valence-electron chi connectivity index (χ0n) is 17.9. The molecule has 31 heavy (non-hydrogen) atoms. The maximum absolute atomic E-state index is 12.3. The SMILES string of the molecule is CCc1ccccc1NC(=O)CN(C)C(=O)COC(=O)Cc1coc2cc(C)ccc12. The van der Waals surface area contributed by atoms with Crippen LogP contribution in [-0.4, -0.2) is 42.9 Å². The molecule has 1 aromatic heterocycles. The first-order chi connectivity index (χ1) is 14.9. The van der Waals surface area contributed by atoms with Gasteiger partial charge in [-0.25, -0.2) is 0 Å². The van der Waals surface area contributed by atoms with Crippen molar-refractivity contribution in [3.8, 4) is 0 Å². The molecule has 0 aliphatic carbocycles. The molecule has 0 aliphatic heterocycles. The first kappa shape index (κ1) is 22.1. The van der Waals surface area contributed by atoms with E-state index >= 15 is 0 Å². The van der Waals surface area contributed by atoms with Crippen LogP contribution in [0.3, 0.4) is 0 Å². The molecule has 0 unspecified atom stereocenters. The number of hydrogen-bond acceptors (Lipinski definition) is 5. The van der Waals surface area contributed by atoms with E-state index in [1.165, 1.54) is 18.2 Å². The van der Waals surface area contributed by atoms with E-state index in [4.69, 9.17) is 9.15 Å². The number of anilines is 1. The lowest BCUT2D eigenvalue weighted by Gasteiger charge is -2.17. The number of furan rings is 1. The molecule has 1 N–H and O–H groups in total. The molecule has 0 atom stereocenters. The molecule has 0 saturated carbocycles. The second-order valence-electron chi connectivity index (χ2n) is 7.41. The number of fused-ring (bicyclic) bond motifs is 1. The van der Waals surface area contributed by atoms with Gasteiger partial charge >= 0.3 is 5.97 Å². The number of ether oxygens (including phenoxy) is 1. The lowest BCUT2D eigenvalue weighted by Crippen LogP contribution is -2.37. The molecule has 0 bridgehead atoms. The Morgan fingerprint density at radius 1 is 1.10 bits per heavy atom. The third-order valence-electron chi connectivity index (χ3n) is 4.98. The number of likely N-dealkylation sites (N-methyl/N-ethyl adjacent to an activating group) is 1. The predicted octanol–water partition coefficient (Wildman–Crippen LogP) is 3.49. The molecular formula is C24H26N2O5. The first-order valence-electron chi connectivity index (χ1n) is 10.1. The van der Waals surface area contributed by atoms with Gasteiger partial charge < -0.3 is 19.4 Å². The molecule has 3 rings (SSSR count). The Labute approximate surface area is 181 Å². The largest absolute Gasteiger partial charge is 0.464 e. The van der Waals surface area contributed by atoms with Gasteiger partial charge in [0.25, 0.3) is 5.91 Å². The van der Waals surface area contributed by atoms with Crippen molar-refractivity contribution < 1.29 is 23.5 Å². The summed E-state index contributed by atoms with van der Waals surface area (Å²) in [7, 11) is 1.49. The predicted molar refractivity (Wildman–Crippen MR) is 118 cm³/mol. The smallest absolute Gasteiger partial charge is 0.310 e. The van der Waals surface area contributed by atoms with Gasteiger partial charge in [-0.3, -0.25) is 14.4 Å². The van der Waals surface area contributed by atoms with Crippen LogP contribution in [0.1, 0.15) is 23.6 Å². The molecule has 162 valence electrons. The van der Waals surface area contributed by atoms with Gasteiger partial charge in [0, 0.05) is 23.7 Å². The van der Waals surface area contributed by atoms with Crippen molar-refractivity contribution in [2.75, 3.05) is 25.5 Å². The molecule has 7 heteroatoms. The van der Waals surface area contributed by atoms with E-state index in [1.54, 1.807) is 0 Å². The van der Waals surface area contributed by atoms with E-state index in [0.29, 0.717) is 11.1 Å². The number of amides is 2. The van der Waals surface area contributed by atoms with Gasteiger partial charge in [-0.2, -0.15) is 0 Å². The fourth-order valence-corrected chi connectivity index (χ4v) is 3.23. The normalized spacial score (nSPS) is 10.7. The van der Waals surface area contributed by atoms with E-state index in [2.05, 4.69) is 5.32 Å². The highest BCUT2D eigenvalue weighted by Gasteiger charge is 2.17. The van der Waals surface area contributed by atoms with Crippen molar-refractivity contribution in [3.63, 3.8) is 0 Å². The number of aryl methyl sites for hydroxylation is 2. The second kappa shape index (κ2) is 9.93. The third-order valence-corrected chi connectivity index (χ3v) is 4.98. The number of carbonyl (C=O) groups is 3. The third kappa shape index (κ3) is 5.72. The maximum Gasteiger partial charge on any atom is 0.310 e. The van der Waals surface area contributed by atoms with Crippen LogP contribution in [0.25, 0.3) is 11.0 Å². The van der Waals surface area contributed by atoms with Crippen LogP contribution in [0.4, 0.5) is 5.69 Å². The zero-order valence-corrected chi connectivity index (χ0v) is 17.9. The van der Waals surface area contributed by atoms with Gasteiger partial charge in [-0.05, 0) is 36.6 Å². The molecule has 7 nitrogen and oxygen atoms in total. The molecule has 1 heterocycles. The lowest BCUT2D eigenvalue weighted by atomic mass is 10.1. The number of rotatable bonds is 8. The number of carbonyl (C=O) groups excluding carboxylic acids is 3. The Kier molecular flexibility index (Phi) is 7.07. The van der Waals surface area contributed by atoms with Crippen molar-refractivity contribution in [1.82, 2.24) is 4.90 Å². The van der Waals surface area contributed by atoms with Crippen molar-refractivity contribution in [1.29, 1.82) is 0 Å². The Morgan fingerprint density at radius 3 is 2.65 bits per heavy atom. The van der Waals surface area contributed by atoms with Crippen molar-refractivity contribution in [2.45, 2.75) is 26.7 Å². The van der Waals surface area contributed by atoms with Gasteiger partial charge in [0.1, 0.15) is 5.58 Å². The van der Waals surface area contributed by atoms with Gasteiger partial charge in [-0.15, -0.1) is 0 Å². The summed E-state index contributed by atoms with van der Waals surface area (Å²) in [6, 6.07) is 13.2. The molecule has 3 aromatic rings. The number of nitrogens with zero attached hydrogens (tertiary/aromatic N) is 1. The number of nitrogens with one attached hydrogen (secondary N) is 1. The van der Waals surface area contributed by atoms with Crippen LogP contribution >= 0.6 is 0 Å². The fraction of sp³-hybridized carbons (Fsp3) is 0.292. The summed E-state index contributed by atoms with van der Waals surface area (Å²) in [6.07, 6.45) is 2.31. The van der Waals surface area contributed by atoms with E-state index < -0.39 is 18.5 Å². The quantitative estimate of drug-likeness (QED) is 0.562. The summed E-state index contributed by atoms with van der Waals surface area (Å²) in [6.45, 7) is 3.40. The highest BCUT2D eigenvalue weighted by Crippen LogP contribution is 2.23. The number of esters is 1. The van der Waals surface area contributed by atoms with Crippen LogP contribution in [0, 0.1) is 6.92 Å². The minimum absolute atomic E-state index is 0.00133. The summed E-state index contributed by atoms with van der Waals surface area (Å²) in [4.78, 5) is 37.9. The first-order valence-corrected chi connectivity index (χ1v) is 10.1. The van der Waals surface area contributed by atoms with Crippen LogP contribution in [0.15, 0.2) is 53.1 Å². The van der Waals surface area contributed by atoms with Crippen LogP contribution < -0.4 is 5.32 Å². The van der Waals surface area contributed by atoms with E-state index in [1.807, 2.05) is 56.3 Å². The molecule has 2 amide bonds. The molecule has 0 aliphatic rings. The van der Waals surface area contributed by atoms with Gasteiger partial charge in [0.2, 0.25) is 5.91 Å². The van der Waals surface area contributed by atoms with Gasteiger partial charge in [-0.1, -0.05) is 37.3 Å². The fourth-order valence-electron chi connectivity index (χ4n) is 3.23. The van der Waals surface area contributed by atoms with Gasteiger partial charge in [0.15, 0.2) is 6.61 Å². The Bertz CT molecular complexity index is 1100. The summed E-state index contributed by atoms with van der Waals surface area (Å²) in [5.41, 5.74) is 4.21. The Hall–Kier alpha value is -3.61. The number of para-hydroxylation sites is 1. The molecule has 0 spiro atoms. The van der Waals surface area contributed by atoms with Gasteiger partial charge in [0.05, 0.1) is 19.2 Å². The average molecular weight is 422 g/mol. The Balaban J connectivity index is 1.48. The second-order valence-corrected chi connectivity index (χ2v) is 7.41. The van der Waals surface area contributed by atoms with E-state index in [9.17, 15) is 14.4 Å². The lowest BCUT2D eigenvalue weighted by molar-refractivity contribution is -0.151. The van der Waals surface area contributed by atoms with E-state index in [-0.39, 0.29) is 18.9 Å². The average Bonchev–Trinajstić information content (AvgIpc) is 3.13. The molecule has 0 fully saturated rings. The summed E-state index contributed by atoms with van der Waals surface area (Å²) >= 11 is 0. The standard InChI is InChI=1S/C24H26N2O5/c1-4-17-7-5-6-8-20(17)25-22(27)13-26(3)23(28)15-31-24(29)12-18-14-30-21-11-16(2)9-10-19(18)21/h5-11,14H,4,12-13,15H2,1-3H3,(H,25,27). The van der Waals surface area contributed by atoms with Crippen LogP contribution in [0.5, 0.6) is 0 Å². The zero-order chi connectivity index (χ0) is 22.4. The molecule has 2 aromatic carbocycles.